The monoisotopic (exact) mass is 294 g/mol. The molecule has 1 aromatic rings. The van der Waals surface area contributed by atoms with Crippen LogP contribution in [-0.4, -0.2) is 39.0 Å². The van der Waals surface area contributed by atoms with Gasteiger partial charge in [0.05, 0.1) is 17.4 Å². The molecule has 6 heteroatoms. The van der Waals surface area contributed by atoms with Gasteiger partial charge < -0.3 is 4.74 Å². The van der Waals surface area contributed by atoms with Crippen LogP contribution < -0.4 is 0 Å². The Morgan fingerprint density at radius 3 is 2.65 bits per heavy atom. The zero-order valence-corrected chi connectivity index (χ0v) is 12.3. The molecular weight excluding hydrogens is 276 g/mol. The largest absolute Gasteiger partial charge is 0.381 e. The van der Waals surface area contributed by atoms with E-state index < -0.39 is 10.0 Å². The maximum absolute atomic E-state index is 12.4. The lowest BCUT2D eigenvalue weighted by atomic mass is 10.1. The average molecular weight is 294 g/mol. The quantitative estimate of drug-likeness (QED) is 0.843. The molecule has 0 amide bonds. The summed E-state index contributed by atoms with van der Waals surface area (Å²) < 4.78 is 31.6. The van der Waals surface area contributed by atoms with E-state index in [0.717, 1.165) is 12.8 Å². The number of hydrogen-bond acceptors (Lipinski definition) is 4. The molecule has 0 atom stereocenters. The van der Waals surface area contributed by atoms with E-state index in [0.29, 0.717) is 24.3 Å². The van der Waals surface area contributed by atoms with Gasteiger partial charge in [-0.15, -0.1) is 0 Å². The molecule has 1 aliphatic rings. The number of rotatable bonds is 4. The maximum Gasteiger partial charge on any atom is 0.218 e. The molecule has 0 N–H and O–H groups in total. The molecule has 0 aliphatic carbocycles. The van der Waals surface area contributed by atoms with Crippen molar-refractivity contribution in [3.63, 3.8) is 0 Å². The standard InChI is InChI=1S/C14H18N2O3S/c1-16(14-6-8-19-9-7-14)20(17,18)11-13-5-3-2-4-12(13)10-15/h2-5,14H,6-9,11H2,1H3. The summed E-state index contributed by atoms with van der Waals surface area (Å²) in [6.45, 7) is 1.19. The first-order valence-electron chi connectivity index (χ1n) is 6.56. The summed E-state index contributed by atoms with van der Waals surface area (Å²) >= 11 is 0. The maximum atomic E-state index is 12.4. The number of nitriles is 1. The molecule has 0 bridgehead atoms. The summed E-state index contributed by atoms with van der Waals surface area (Å²) in [6.07, 6.45) is 1.44. The van der Waals surface area contributed by atoms with Gasteiger partial charge in [-0.05, 0) is 24.5 Å². The molecule has 1 heterocycles. The molecule has 5 nitrogen and oxygen atoms in total. The van der Waals surface area contributed by atoms with Gasteiger partial charge in [0.25, 0.3) is 0 Å². The molecule has 2 rings (SSSR count). The number of sulfonamides is 1. The lowest BCUT2D eigenvalue weighted by Gasteiger charge is -2.30. The Morgan fingerprint density at radius 2 is 2.00 bits per heavy atom. The van der Waals surface area contributed by atoms with Crippen molar-refractivity contribution >= 4 is 10.0 Å². The molecule has 0 unspecified atom stereocenters. The van der Waals surface area contributed by atoms with E-state index in [1.165, 1.54) is 4.31 Å². The first-order valence-corrected chi connectivity index (χ1v) is 8.17. The number of ether oxygens (including phenoxy) is 1. The van der Waals surface area contributed by atoms with Crippen LogP contribution in [0.2, 0.25) is 0 Å². The summed E-state index contributed by atoms with van der Waals surface area (Å²) in [7, 11) is -1.81. The third-order valence-electron chi connectivity index (χ3n) is 3.62. The van der Waals surface area contributed by atoms with E-state index in [-0.39, 0.29) is 11.8 Å². The van der Waals surface area contributed by atoms with Crippen LogP contribution in [0.4, 0.5) is 0 Å². The molecule has 108 valence electrons. The zero-order valence-electron chi connectivity index (χ0n) is 11.4. The summed E-state index contributed by atoms with van der Waals surface area (Å²) in [4.78, 5) is 0. The van der Waals surface area contributed by atoms with Crippen molar-refractivity contribution in [2.45, 2.75) is 24.6 Å². The van der Waals surface area contributed by atoms with Crippen molar-refractivity contribution in [2.75, 3.05) is 20.3 Å². The summed E-state index contributed by atoms with van der Waals surface area (Å²) in [5, 5.41) is 9.03. The van der Waals surface area contributed by atoms with Crippen LogP contribution in [0.15, 0.2) is 24.3 Å². The first kappa shape index (κ1) is 15.0. The molecule has 0 aromatic heterocycles. The fourth-order valence-electron chi connectivity index (χ4n) is 2.33. The average Bonchev–Trinajstić information content (AvgIpc) is 2.47. The third-order valence-corrected chi connectivity index (χ3v) is 5.47. The van der Waals surface area contributed by atoms with Gasteiger partial charge in [0.1, 0.15) is 0 Å². The van der Waals surface area contributed by atoms with Crippen molar-refractivity contribution < 1.29 is 13.2 Å². The van der Waals surface area contributed by atoms with Crippen LogP contribution in [0.5, 0.6) is 0 Å². The van der Waals surface area contributed by atoms with Crippen LogP contribution in [0.1, 0.15) is 24.0 Å². The molecule has 0 radical (unpaired) electrons. The highest BCUT2D eigenvalue weighted by molar-refractivity contribution is 7.88. The second-order valence-electron chi connectivity index (χ2n) is 4.88. The van der Waals surface area contributed by atoms with Crippen molar-refractivity contribution in [2.24, 2.45) is 0 Å². The van der Waals surface area contributed by atoms with Crippen molar-refractivity contribution in [3.8, 4) is 6.07 Å². The fourth-order valence-corrected chi connectivity index (χ4v) is 3.84. The van der Waals surface area contributed by atoms with Crippen LogP contribution in [0.25, 0.3) is 0 Å². The lowest BCUT2D eigenvalue weighted by molar-refractivity contribution is 0.0632. The van der Waals surface area contributed by atoms with E-state index in [9.17, 15) is 8.42 Å². The summed E-state index contributed by atoms with van der Waals surface area (Å²) in [5.41, 5.74) is 0.963. The Morgan fingerprint density at radius 1 is 1.35 bits per heavy atom. The normalized spacial score (nSPS) is 17.1. The fraction of sp³-hybridized carbons (Fsp3) is 0.500. The Kier molecular flexibility index (Phi) is 4.76. The van der Waals surface area contributed by atoms with Gasteiger partial charge >= 0.3 is 0 Å². The van der Waals surface area contributed by atoms with Gasteiger partial charge in [-0.25, -0.2) is 12.7 Å². The SMILES string of the molecule is CN(C1CCOCC1)S(=O)(=O)Cc1ccccc1C#N. The molecule has 0 spiro atoms. The third kappa shape index (κ3) is 3.37. The minimum atomic E-state index is -3.42. The Labute approximate surface area is 119 Å². The van der Waals surface area contributed by atoms with E-state index in [4.69, 9.17) is 10.00 Å². The van der Waals surface area contributed by atoms with E-state index in [2.05, 4.69) is 0 Å². The number of hydrogen-bond donors (Lipinski definition) is 0. The van der Waals surface area contributed by atoms with E-state index >= 15 is 0 Å². The molecule has 1 saturated heterocycles. The Bertz CT molecular complexity index is 601. The summed E-state index contributed by atoms with van der Waals surface area (Å²) in [5.74, 6) is -0.134. The highest BCUT2D eigenvalue weighted by Crippen LogP contribution is 2.20. The van der Waals surface area contributed by atoms with Crippen LogP contribution in [-0.2, 0) is 20.5 Å². The van der Waals surface area contributed by atoms with Gasteiger partial charge in [-0.1, -0.05) is 18.2 Å². The molecular formula is C14H18N2O3S. The number of nitrogens with zero attached hydrogens (tertiary/aromatic N) is 2. The predicted molar refractivity (Wildman–Crippen MR) is 75.4 cm³/mol. The molecule has 1 aromatic carbocycles. The summed E-state index contributed by atoms with van der Waals surface area (Å²) in [6, 6.07) is 8.83. The van der Waals surface area contributed by atoms with Gasteiger partial charge in [0, 0.05) is 26.3 Å². The zero-order chi connectivity index (χ0) is 14.6. The number of benzene rings is 1. The molecule has 0 saturated carbocycles. The highest BCUT2D eigenvalue weighted by Gasteiger charge is 2.28. The van der Waals surface area contributed by atoms with E-state index in [1.54, 1.807) is 31.3 Å². The Hall–Kier alpha value is -1.42. The van der Waals surface area contributed by atoms with Gasteiger partial charge in [0.15, 0.2) is 0 Å². The predicted octanol–water partition coefficient (Wildman–Crippen LogP) is 1.50. The van der Waals surface area contributed by atoms with Crippen molar-refractivity contribution in [3.05, 3.63) is 35.4 Å². The second-order valence-corrected chi connectivity index (χ2v) is 6.91. The van der Waals surface area contributed by atoms with Crippen molar-refractivity contribution in [1.29, 1.82) is 5.26 Å². The lowest BCUT2D eigenvalue weighted by Crippen LogP contribution is -2.41. The second kappa shape index (κ2) is 6.35. The molecule has 20 heavy (non-hydrogen) atoms. The van der Waals surface area contributed by atoms with Gasteiger partial charge in [-0.2, -0.15) is 5.26 Å². The Balaban J connectivity index is 2.16. The van der Waals surface area contributed by atoms with Crippen LogP contribution >= 0.6 is 0 Å². The van der Waals surface area contributed by atoms with Gasteiger partial charge in [0.2, 0.25) is 10.0 Å². The van der Waals surface area contributed by atoms with E-state index in [1.807, 2.05) is 6.07 Å². The molecule has 1 fully saturated rings. The first-order chi connectivity index (χ1) is 9.54. The van der Waals surface area contributed by atoms with Crippen LogP contribution in [0, 0.1) is 11.3 Å². The highest BCUT2D eigenvalue weighted by atomic mass is 32.2. The minimum Gasteiger partial charge on any atom is -0.381 e. The minimum absolute atomic E-state index is 0.0111. The van der Waals surface area contributed by atoms with Crippen LogP contribution in [0.3, 0.4) is 0 Å². The van der Waals surface area contributed by atoms with Crippen molar-refractivity contribution in [1.82, 2.24) is 4.31 Å². The molecule has 1 aliphatic heterocycles. The van der Waals surface area contributed by atoms with Gasteiger partial charge in [-0.3, -0.25) is 0 Å². The smallest absolute Gasteiger partial charge is 0.218 e. The topological polar surface area (TPSA) is 70.4 Å².